The van der Waals surface area contributed by atoms with Gasteiger partial charge in [-0.25, -0.2) is 4.79 Å². The summed E-state index contributed by atoms with van der Waals surface area (Å²) in [4.78, 5) is 26.6. The Kier molecular flexibility index (Phi) is 6.52. The molecule has 0 radical (unpaired) electrons. The van der Waals surface area contributed by atoms with Crippen LogP contribution >= 0.6 is 23.1 Å². The number of carboxylic acids is 1. The lowest BCUT2D eigenvalue weighted by Gasteiger charge is -2.14. The Morgan fingerprint density at radius 2 is 1.73 bits per heavy atom. The predicted octanol–water partition coefficient (Wildman–Crippen LogP) is 5.04. The highest BCUT2D eigenvalue weighted by atomic mass is 32.1. The van der Waals surface area contributed by atoms with Gasteiger partial charge in [0.15, 0.2) is 17.3 Å². The summed E-state index contributed by atoms with van der Waals surface area (Å²) in [5, 5.41) is 12.1. The Balaban J connectivity index is 1.90. The van der Waals surface area contributed by atoms with Gasteiger partial charge in [-0.3, -0.25) is 4.79 Å². The minimum Gasteiger partial charge on any atom is -0.493 e. The van der Waals surface area contributed by atoms with Gasteiger partial charge in [-0.2, -0.15) is 8.75 Å². The Morgan fingerprint density at radius 3 is 2.39 bits per heavy atom. The molecule has 0 aliphatic rings. The molecule has 1 N–H and O–H groups in total. The number of benzene rings is 2. The van der Waals surface area contributed by atoms with E-state index in [-0.39, 0.29) is 23.4 Å². The highest BCUT2D eigenvalue weighted by molar-refractivity contribution is 7.12. The van der Waals surface area contributed by atoms with Crippen molar-refractivity contribution in [2.75, 3.05) is 14.2 Å². The zero-order valence-electron chi connectivity index (χ0n) is 18.1. The highest BCUT2D eigenvalue weighted by Gasteiger charge is 2.25. The third kappa shape index (κ3) is 4.64. The summed E-state index contributed by atoms with van der Waals surface area (Å²) in [6.45, 7) is 1.90. The third-order valence-electron chi connectivity index (χ3n) is 5.12. The lowest BCUT2D eigenvalue weighted by molar-refractivity contribution is -0.130. The van der Waals surface area contributed by atoms with Crippen molar-refractivity contribution in [2.24, 2.45) is 0 Å². The first-order chi connectivity index (χ1) is 15.9. The van der Waals surface area contributed by atoms with Gasteiger partial charge in [0.2, 0.25) is 0 Å². The number of carbonyl (C=O) groups is 2. The van der Waals surface area contributed by atoms with Crippen molar-refractivity contribution in [2.45, 2.75) is 13.3 Å². The average molecular weight is 481 g/mol. The zero-order chi connectivity index (χ0) is 23.5. The second-order valence-electron chi connectivity index (χ2n) is 7.31. The number of aliphatic carboxylic acids is 1. The van der Waals surface area contributed by atoms with Gasteiger partial charge in [-0.05, 0) is 59.3 Å². The van der Waals surface area contributed by atoms with Gasteiger partial charge in [0.25, 0.3) is 0 Å². The first-order valence-corrected chi connectivity index (χ1v) is 11.5. The van der Waals surface area contributed by atoms with Crippen molar-refractivity contribution in [3.8, 4) is 11.5 Å². The van der Waals surface area contributed by atoms with Gasteiger partial charge in [0.1, 0.15) is 11.0 Å². The molecule has 168 valence electrons. The van der Waals surface area contributed by atoms with Crippen LogP contribution in [0.5, 0.6) is 11.5 Å². The van der Waals surface area contributed by atoms with Crippen LogP contribution < -0.4 is 9.47 Å². The normalized spacial score (nSPS) is 11.8. The van der Waals surface area contributed by atoms with Gasteiger partial charge in [-0.15, -0.1) is 11.3 Å². The molecule has 2 aromatic carbocycles. The molecule has 0 saturated heterocycles. The first-order valence-electron chi connectivity index (χ1n) is 9.91. The number of Topliss-reactive ketones (excluding diaryl/α,β-unsaturated/α-hetero) is 1. The molecule has 0 amide bonds. The molecule has 4 rings (SSSR count). The van der Waals surface area contributed by atoms with Crippen LogP contribution in [0.1, 0.15) is 26.4 Å². The smallest absolute Gasteiger partial charge is 0.336 e. The third-order valence-corrected chi connectivity index (χ3v) is 6.72. The molecule has 0 bridgehead atoms. The molecule has 33 heavy (non-hydrogen) atoms. The van der Waals surface area contributed by atoms with E-state index >= 15 is 0 Å². The van der Waals surface area contributed by atoms with Crippen molar-refractivity contribution in [1.82, 2.24) is 8.75 Å². The average Bonchev–Trinajstić information content (AvgIpc) is 3.46. The van der Waals surface area contributed by atoms with Crippen LogP contribution in [0.4, 0.5) is 0 Å². The molecule has 0 atom stereocenters. The van der Waals surface area contributed by atoms with Crippen LogP contribution in [0.3, 0.4) is 0 Å². The summed E-state index contributed by atoms with van der Waals surface area (Å²) in [6, 6.07) is 12.1. The number of carboxylic acid groups (broad SMARTS) is 1. The van der Waals surface area contributed by atoms with Gasteiger partial charge in [0, 0.05) is 12.0 Å². The maximum absolute atomic E-state index is 13.6. The summed E-state index contributed by atoms with van der Waals surface area (Å²) >= 11 is 2.35. The number of nitrogens with zero attached hydrogens (tertiary/aromatic N) is 2. The van der Waals surface area contributed by atoms with E-state index < -0.39 is 5.97 Å². The number of carbonyl (C=O) groups excluding carboxylic acids is 1. The minimum atomic E-state index is -1.19. The summed E-state index contributed by atoms with van der Waals surface area (Å²) in [5.74, 6) is -0.459. The maximum Gasteiger partial charge on any atom is 0.336 e. The number of fused-ring (bicyclic) bond motifs is 1. The van der Waals surface area contributed by atoms with Crippen LogP contribution in [0.15, 0.2) is 53.4 Å². The van der Waals surface area contributed by atoms with Crippen molar-refractivity contribution in [1.29, 1.82) is 0 Å². The lowest BCUT2D eigenvalue weighted by Crippen LogP contribution is -2.13. The van der Waals surface area contributed by atoms with Gasteiger partial charge < -0.3 is 14.6 Å². The number of methoxy groups -OCH3 is 2. The van der Waals surface area contributed by atoms with Crippen LogP contribution in [-0.4, -0.2) is 39.8 Å². The fourth-order valence-electron chi connectivity index (χ4n) is 3.54. The van der Waals surface area contributed by atoms with Gasteiger partial charge >= 0.3 is 5.97 Å². The Labute approximate surface area is 198 Å². The van der Waals surface area contributed by atoms with Crippen LogP contribution in [-0.2, 0) is 11.2 Å². The zero-order valence-corrected chi connectivity index (χ0v) is 19.8. The number of aryl methyl sites for hydroxylation is 1. The molecule has 0 aliphatic heterocycles. The second kappa shape index (κ2) is 9.51. The summed E-state index contributed by atoms with van der Waals surface area (Å²) < 4.78 is 19.1. The largest absolute Gasteiger partial charge is 0.493 e. The molecule has 0 spiro atoms. The standard InChI is InChI=1S/C24H20N2O5S2/c1-13-8-21(32-12-13)23(27)16(9-14-4-7-19(30-2)20(10-14)31-3)22(24(28)29)15-5-6-17-18(11-15)26-33-25-17/h4-8,10-12H,9H2,1-3H3,(H,28,29). The van der Waals surface area contributed by atoms with E-state index in [2.05, 4.69) is 8.75 Å². The first kappa shape index (κ1) is 22.6. The lowest BCUT2D eigenvalue weighted by atomic mass is 9.91. The summed E-state index contributed by atoms with van der Waals surface area (Å²) in [6.07, 6.45) is 0.102. The highest BCUT2D eigenvalue weighted by Crippen LogP contribution is 2.32. The SMILES string of the molecule is COc1ccc(CC(C(=O)c2cc(C)cs2)=C(C(=O)O)c2ccc3nsnc3c2)cc1OC. The Morgan fingerprint density at radius 1 is 0.970 bits per heavy atom. The molecule has 9 heteroatoms. The molecule has 4 aromatic rings. The number of allylic oxidation sites excluding steroid dienone is 1. The fraction of sp³-hybridized carbons (Fsp3) is 0.167. The van der Waals surface area contributed by atoms with E-state index in [1.54, 1.807) is 42.5 Å². The van der Waals surface area contributed by atoms with Gasteiger partial charge in [-0.1, -0.05) is 12.1 Å². The summed E-state index contributed by atoms with van der Waals surface area (Å²) in [7, 11) is 3.06. The van der Waals surface area contributed by atoms with Crippen LogP contribution in [0, 0.1) is 6.92 Å². The van der Waals surface area contributed by atoms with Crippen molar-refractivity contribution in [3.63, 3.8) is 0 Å². The van der Waals surface area contributed by atoms with E-state index in [0.717, 1.165) is 22.9 Å². The van der Waals surface area contributed by atoms with Gasteiger partial charge in [0.05, 0.1) is 36.4 Å². The van der Waals surface area contributed by atoms with E-state index in [0.29, 0.717) is 33.0 Å². The Bertz CT molecular complexity index is 1390. The van der Waals surface area contributed by atoms with Crippen molar-refractivity contribution >= 4 is 51.4 Å². The second-order valence-corrected chi connectivity index (χ2v) is 8.75. The molecule has 0 fully saturated rings. The quantitative estimate of drug-likeness (QED) is 0.279. The molecule has 0 unspecified atom stereocenters. The predicted molar refractivity (Wildman–Crippen MR) is 129 cm³/mol. The monoisotopic (exact) mass is 480 g/mol. The molecule has 7 nitrogen and oxygen atoms in total. The summed E-state index contributed by atoms with van der Waals surface area (Å²) in [5.41, 5.74) is 3.45. The number of aromatic nitrogens is 2. The van der Waals surface area contributed by atoms with E-state index in [1.807, 2.05) is 12.3 Å². The number of ketones is 1. The number of thiophene rings is 1. The maximum atomic E-state index is 13.6. The fourth-order valence-corrected chi connectivity index (χ4v) is 4.92. The molecule has 2 heterocycles. The number of ether oxygens (including phenoxy) is 2. The number of hydrogen-bond acceptors (Lipinski definition) is 8. The van der Waals surface area contributed by atoms with E-state index in [1.165, 1.54) is 25.6 Å². The van der Waals surface area contributed by atoms with Crippen LogP contribution in [0.2, 0.25) is 0 Å². The van der Waals surface area contributed by atoms with Crippen molar-refractivity contribution < 1.29 is 24.2 Å². The minimum absolute atomic E-state index is 0.0595. The van der Waals surface area contributed by atoms with E-state index in [9.17, 15) is 14.7 Å². The Hall–Kier alpha value is -3.56. The van der Waals surface area contributed by atoms with Crippen molar-refractivity contribution in [3.05, 3.63) is 75.0 Å². The van der Waals surface area contributed by atoms with E-state index in [4.69, 9.17) is 9.47 Å². The number of rotatable bonds is 8. The molecular weight excluding hydrogens is 460 g/mol. The number of hydrogen-bond donors (Lipinski definition) is 1. The molecule has 2 aromatic heterocycles. The molecule has 0 saturated carbocycles. The van der Waals surface area contributed by atoms with Crippen LogP contribution in [0.25, 0.3) is 16.6 Å². The topological polar surface area (TPSA) is 98.6 Å². The molecule has 0 aliphatic carbocycles. The molecular formula is C24H20N2O5S2.